The first-order valence-electron chi connectivity index (χ1n) is 14.3. The minimum absolute atomic E-state index is 0.0107. The van der Waals surface area contributed by atoms with Gasteiger partial charge in [0, 0.05) is 48.4 Å². The normalized spacial score (nSPS) is 19.8. The van der Waals surface area contributed by atoms with Crippen molar-refractivity contribution in [3.8, 4) is 11.5 Å². The molecule has 0 bridgehead atoms. The number of amides is 1. The first-order chi connectivity index (χ1) is 19.4. The summed E-state index contributed by atoms with van der Waals surface area (Å²) >= 11 is 0. The second kappa shape index (κ2) is 10.8. The fourth-order valence-corrected chi connectivity index (χ4v) is 6.14. The molecule has 0 spiro atoms. The molecule has 1 heterocycles. The van der Waals surface area contributed by atoms with E-state index < -0.39 is 5.92 Å². The molecule has 0 aromatic heterocycles. The molecule has 0 fully saturated rings. The van der Waals surface area contributed by atoms with Crippen molar-refractivity contribution >= 4 is 23.2 Å². The number of hydrogen-bond acceptors (Lipinski definition) is 6. The number of Topliss-reactive ketones (excluding diaryl/α,β-unsaturated/α-hetero) is 2. The van der Waals surface area contributed by atoms with Crippen LogP contribution < -0.4 is 14.8 Å². The van der Waals surface area contributed by atoms with Crippen LogP contribution in [0.5, 0.6) is 11.5 Å². The lowest BCUT2D eigenvalue weighted by molar-refractivity contribution is -0.120. The molecule has 1 amide bonds. The molecule has 1 aliphatic heterocycles. The number of para-hydroxylation sites is 1. The van der Waals surface area contributed by atoms with Gasteiger partial charge in [-0.1, -0.05) is 52.0 Å². The monoisotopic (exact) mass is 557 g/mol. The predicted molar refractivity (Wildman–Crippen MR) is 157 cm³/mol. The van der Waals surface area contributed by atoms with Crippen molar-refractivity contribution in [1.29, 1.82) is 0 Å². The molecule has 0 saturated heterocycles. The van der Waals surface area contributed by atoms with Crippen LogP contribution in [0.3, 0.4) is 0 Å². The smallest absolute Gasteiger partial charge is 0.262 e. The number of benzene rings is 2. The number of rotatable bonds is 7. The number of allylic oxidation sites excluding steroid dienone is 4. The van der Waals surface area contributed by atoms with E-state index in [0.29, 0.717) is 66.5 Å². The highest BCUT2D eigenvalue weighted by Gasteiger charge is 2.48. The van der Waals surface area contributed by atoms with E-state index in [1.807, 2.05) is 50.2 Å². The summed E-state index contributed by atoms with van der Waals surface area (Å²) in [6.45, 7) is 12.3. The average molecular weight is 558 g/mol. The second-order valence-electron chi connectivity index (χ2n) is 12.9. The molecule has 0 atom stereocenters. The summed E-state index contributed by atoms with van der Waals surface area (Å²) in [5.74, 6) is 1.42. The van der Waals surface area contributed by atoms with Crippen molar-refractivity contribution in [1.82, 2.24) is 0 Å². The Bertz CT molecular complexity index is 1430. The van der Waals surface area contributed by atoms with Crippen LogP contribution in [-0.2, 0) is 19.1 Å². The SMILES string of the molecule is CCOc1cc(C2C3=C(CC(C)(C)CC3=O)OC3=C2C(=O)CC(C)(C)C3)ccc1OCC(=O)Nc1ccccc1C. The first kappa shape index (κ1) is 28.7. The lowest BCUT2D eigenvalue weighted by Crippen LogP contribution is -2.37. The Kier molecular flexibility index (Phi) is 7.58. The number of hydrogen-bond donors (Lipinski definition) is 1. The number of ketones is 2. The molecule has 2 aromatic carbocycles. The summed E-state index contributed by atoms with van der Waals surface area (Å²) in [4.78, 5) is 39.8. The largest absolute Gasteiger partial charge is 0.490 e. The van der Waals surface area contributed by atoms with Gasteiger partial charge in [-0.25, -0.2) is 0 Å². The van der Waals surface area contributed by atoms with Crippen LogP contribution in [0.4, 0.5) is 5.69 Å². The number of aryl methyl sites for hydroxylation is 1. The second-order valence-corrected chi connectivity index (χ2v) is 12.9. The predicted octanol–water partition coefficient (Wildman–Crippen LogP) is 6.81. The third-order valence-corrected chi connectivity index (χ3v) is 7.96. The zero-order valence-electron chi connectivity index (χ0n) is 24.8. The van der Waals surface area contributed by atoms with Gasteiger partial charge in [-0.05, 0) is 54.0 Å². The Labute approximate surface area is 241 Å². The summed E-state index contributed by atoms with van der Waals surface area (Å²) in [7, 11) is 0. The molecule has 1 N–H and O–H groups in total. The Morgan fingerprint density at radius 3 is 2.07 bits per heavy atom. The summed E-state index contributed by atoms with van der Waals surface area (Å²) < 4.78 is 18.2. The van der Waals surface area contributed by atoms with Crippen LogP contribution >= 0.6 is 0 Å². The molecular weight excluding hydrogens is 518 g/mol. The van der Waals surface area contributed by atoms with Gasteiger partial charge in [-0.3, -0.25) is 14.4 Å². The molecule has 2 aromatic rings. The van der Waals surface area contributed by atoms with Crippen LogP contribution in [0, 0.1) is 17.8 Å². The third-order valence-electron chi connectivity index (χ3n) is 7.96. The zero-order valence-corrected chi connectivity index (χ0v) is 24.8. The van der Waals surface area contributed by atoms with Crippen molar-refractivity contribution in [2.24, 2.45) is 10.8 Å². The molecule has 0 unspecified atom stereocenters. The van der Waals surface area contributed by atoms with E-state index in [1.54, 1.807) is 6.07 Å². The molecule has 2 aliphatic carbocycles. The third kappa shape index (κ3) is 5.95. The summed E-state index contributed by atoms with van der Waals surface area (Å²) in [6, 6.07) is 13.0. The van der Waals surface area contributed by atoms with Gasteiger partial charge in [0.25, 0.3) is 5.91 Å². The highest BCUT2D eigenvalue weighted by Crippen LogP contribution is 2.53. The summed E-state index contributed by atoms with van der Waals surface area (Å²) in [5, 5.41) is 2.87. The van der Waals surface area contributed by atoms with Crippen molar-refractivity contribution in [3.05, 3.63) is 76.3 Å². The minimum atomic E-state index is -0.529. The zero-order chi connectivity index (χ0) is 29.5. The maximum atomic E-state index is 13.6. The van der Waals surface area contributed by atoms with Gasteiger partial charge in [-0.15, -0.1) is 0 Å². The van der Waals surface area contributed by atoms with Crippen LogP contribution in [0.15, 0.2) is 65.1 Å². The maximum absolute atomic E-state index is 13.6. The molecule has 41 heavy (non-hydrogen) atoms. The number of nitrogens with one attached hydrogen (secondary N) is 1. The molecule has 5 rings (SSSR count). The average Bonchev–Trinajstić information content (AvgIpc) is 2.87. The van der Waals surface area contributed by atoms with Gasteiger partial charge in [0.1, 0.15) is 11.5 Å². The minimum Gasteiger partial charge on any atom is -0.490 e. The van der Waals surface area contributed by atoms with Gasteiger partial charge < -0.3 is 19.5 Å². The van der Waals surface area contributed by atoms with Gasteiger partial charge in [-0.2, -0.15) is 0 Å². The quantitative estimate of drug-likeness (QED) is 0.402. The van der Waals surface area contributed by atoms with Gasteiger partial charge >= 0.3 is 0 Å². The maximum Gasteiger partial charge on any atom is 0.262 e. The number of carbonyl (C=O) groups excluding carboxylic acids is 3. The van der Waals surface area contributed by atoms with Crippen molar-refractivity contribution in [2.75, 3.05) is 18.5 Å². The topological polar surface area (TPSA) is 90.9 Å². The fraction of sp³-hybridized carbons (Fsp3) is 0.441. The van der Waals surface area contributed by atoms with Crippen LogP contribution in [0.1, 0.15) is 77.3 Å². The fourth-order valence-electron chi connectivity index (χ4n) is 6.14. The van der Waals surface area contributed by atoms with E-state index in [4.69, 9.17) is 14.2 Å². The highest BCUT2D eigenvalue weighted by atomic mass is 16.5. The van der Waals surface area contributed by atoms with Gasteiger partial charge in [0.05, 0.1) is 6.61 Å². The molecule has 216 valence electrons. The highest BCUT2D eigenvalue weighted by molar-refractivity contribution is 6.06. The molecular formula is C34H39NO6. The molecule has 7 nitrogen and oxygen atoms in total. The van der Waals surface area contributed by atoms with E-state index in [-0.39, 0.29) is 34.9 Å². The lowest BCUT2D eigenvalue weighted by Gasteiger charge is -2.42. The number of anilines is 1. The molecule has 3 aliphatic rings. The number of carbonyl (C=O) groups is 3. The van der Waals surface area contributed by atoms with Crippen LogP contribution in [0.2, 0.25) is 0 Å². The first-order valence-corrected chi connectivity index (χ1v) is 14.3. The van der Waals surface area contributed by atoms with E-state index in [2.05, 4.69) is 33.0 Å². The van der Waals surface area contributed by atoms with Crippen LogP contribution in [0.25, 0.3) is 0 Å². The van der Waals surface area contributed by atoms with E-state index in [1.165, 1.54) is 0 Å². The van der Waals surface area contributed by atoms with E-state index >= 15 is 0 Å². The van der Waals surface area contributed by atoms with Crippen molar-refractivity contribution in [3.63, 3.8) is 0 Å². The molecule has 0 radical (unpaired) electrons. The lowest BCUT2D eigenvalue weighted by atomic mass is 9.65. The summed E-state index contributed by atoms with van der Waals surface area (Å²) in [6.07, 6.45) is 2.05. The molecule has 0 saturated carbocycles. The van der Waals surface area contributed by atoms with Crippen LogP contribution in [-0.4, -0.2) is 30.7 Å². The van der Waals surface area contributed by atoms with Crippen molar-refractivity contribution < 1.29 is 28.6 Å². The standard InChI is InChI=1S/C34H39NO6/c1-7-39-26-14-21(12-13-25(26)40-19-29(38)35-22-11-9-8-10-20(22)2)30-31-23(36)15-33(3,4)17-27(31)41-28-18-34(5,6)16-24(37)32(28)30/h8-14,30H,7,15-19H2,1-6H3,(H,35,38). The van der Waals surface area contributed by atoms with Crippen molar-refractivity contribution in [2.45, 2.75) is 73.1 Å². The Morgan fingerprint density at radius 1 is 0.878 bits per heavy atom. The Balaban J connectivity index is 1.49. The van der Waals surface area contributed by atoms with E-state index in [0.717, 1.165) is 16.8 Å². The van der Waals surface area contributed by atoms with Gasteiger partial charge in [0.15, 0.2) is 29.7 Å². The van der Waals surface area contributed by atoms with E-state index in [9.17, 15) is 14.4 Å². The number of ether oxygens (including phenoxy) is 3. The Morgan fingerprint density at radius 2 is 1.49 bits per heavy atom. The molecule has 7 heteroatoms. The van der Waals surface area contributed by atoms with Gasteiger partial charge in [0.2, 0.25) is 0 Å². The summed E-state index contributed by atoms with van der Waals surface area (Å²) in [5.41, 5.74) is 3.17. The Hall–Kier alpha value is -3.87.